The summed E-state index contributed by atoms with van der Waals surface area (Å²) in [5, 5.41) is 2.97. The van der Waals surface area contributed by atoms with E-state index in [9.17, 15) is 0 Å². The van der Waals surface area contributed by atoms with Crippen molar-refractivity contribution in [2.45, 2.75) is 13.8 Å². The van der Waals surface area contributed by atoms with Gasteiger partial charge in [-0.1, -0.05) is 26.0 Å². The third-order valence-electron chi connectivity index (χ3n) is 1.30. The fraction of sp³-hybridized carbons (Fsp3) is 0.500. The highest BCUT2D eigenvalue weighted by Gasteiger charge is 1.99. The zero-order chi connectivity index (χ0) is 8.69. The van der Waals surface area contributed by atoms with Crippen molar-refractivity contribution in [2.24, 2.45) is 11.5 Å². The molecule has 0 spiro atoms. The van der Waals surface area contributed by atoms with Crippen LogP contribution in [0.3, 0.4) is 0 Å². The lowest BCUT2D eigenvalue weighted by Gasteiger charge is -2.11. The first kappa shape index (κ1) is 10.0. The third-order valence-corrected chi connectivity index (χ3v) is 1.30. The Bertz CT molecular complexity index is 159. The van der Waals surface area contributed by atoms with E-state index in [0.717, 1.165) is 12.1 Å². The quantitative estimate of drug-likeness (QED) is 0.510. The molecule has 1 aliphatic rings. The van der Waals surface area contributed by atoms with Crippen LogP contribution in [0.5, 0.6) is 0 Å². The van der Waals surface area contributed by atoms with Crippen LogP contribution in [-0.4, -0.2) is 13.1 Å². The number of dihydropyridines is 1. The number of nitrogens with two attached hydrogens (primary N) is 2. The minimum atomic E-state index is 0.509. The Hall–Kier alpha value is -0.960. The molecule has 0 fully saturated rings. The summed E-state index contributed by atoms with van der Waals surface area (Å²) >= 11 is 0. The molecule has 0 aromatic rings. The van der Waals surface area contributed by atoms with Gasteiger partial charge >= 0.3 is 0 Å². The van der Waals surface area contributed by atoms with Crippen LogP contribution in [0.2, 0.25) is 0 Å². The van der Waals surface area contributed by atoms with Crippen molar-refractivity contribution in [2.75, 3.05) is 13.1 Å². The van der Waals surface area contributed by atoms with E-state index >= 15 is 0 Å². The van der Waals surface area contributed by atoms with Crippen molar-refractivity contribution in [3.8, 4) is 0 Å². The Morgan fingerprint density at radius 3 is 2.55 bits per heavy atom. The monoisotopic (exact) mass is 155 g/mol. The van der Waals surface area contributed by atoms with E-state index in [0.29, 0.717) is 12.4 Å². The van der Waals surface area contributed by atoms with E-state index in [1.54, 1.807) is 0 Å². The molecule has 1 heterocycles. The second kappa shape index (κ2) is 5.80. The van der Waals surface area contributed by atoms with Crippen molar-refractivity contribution in [1.82, 2.24) is 5.32 Å². The molecule has 64 valence electrons. The average molecular weight is 155 g/mol. The van der Waals surface area contributed by atoms with Crippen molar-refractivity contribution < 1.29 is 0 Å². The molecule has 1 rings (SSSR count). The summed E-state index contributed by atoms with van der Waals surface area (Å²) in [7, 11) is 0. The Kier molecular flexibility index (Phi) is 5.29. The summed E-state index contributed by atoms with van der Waals surface area (Å²) < 4.78 is 0. The lowest BCUT2D eigenvalue weighted by atomic mass is 10.2. The van der Waals surface area contributed by atoms with Crippen molar-refractivity contribution in [3.63, 3.8) is 0 Å². The van der Waals surface area contributed by atoms with Gasteiger partial charge in [0, 0.05) is 18.7 Å². The van der Waals surface area contributed by atoms with Crippen molar-refractivity contribution in [3.05, 3.63) is 23.5 Å². The highest BCUT2D eigenvalue weighted by atomic mass is 15.0. The zero-order valence-electron chi connectivity index (χ0n) is 7.22. The van der Waals surface area contributed by atoms with E-state index < -0.39 is 0 Å². The van der Waals surface area contributed by atoms with E-state index in [2.05, 4.69) is 5.32 Å². The molecule has 5 N–H and O–H groups in total. The van der Waals surface area contributed by atoms with Crippen molar-refractivity contribution in [1.29, 1.82) is 0 Å². The standard InChI is InChI=1S/C6H11N3.C2H6/c7-4-5-2-1-3-9-6(5)8;1-2/h1-2,9H,3-4,7-8H2;1-2H3. The van der Waals surface area contributed by atoms with Crippen LogP contribution < -0.4 is 16.8 Å². The van der Waals surface area contributed by atoms with Crippen LogP contribution in [0, 0.1) is 0 Å². The van der Waals surface area contributed by atoms with Gasteiger partial charge in [0.2, 0.25) is 0 Å². The molecule has 0 aromatic carbocycles. The molecule has 0 atom stereocenters. The van der Waals surface area contributed by atoms with E-state index in [-0.39, 0.29) is 0 Å². The average Bonchev–Trinajstić information content (AvgIpc) is 2.09. The fourth-order valence-corrected chi connectivity index (χ4v) is 0.751. The molecule has 3 nitrogen and oxygen atoms in total. The van der Waals surface area contributed by atoms with Gasteiger partial charge < -0.3 is 16.8 Å². The number of hydrogen-bond acceptors (Lipinski definition) is 3. The van der Waals surface area contributed by atoms with E-state index in [1.807, 2.05) is 26.0 Å². The molecule has 0 bridgehead atoms. The molecule has 0 amide bonds. The molecule has 3 heteroatoms. The summed E-state index contributed by atoms with van der Waals surface area (Å²) in [6.07, 6.45) is 3.95. The lowest BCUT2D eigenvalue weighted by Crippen LogP contribution is -2.26. The molecule has 0 aliphatic carbocycles. The molecule has 0 saturated carbocycles. The summed E-state index contributed by atoms with van der Waals surface area (Å²) in [5.74, 6) is 0.708. The first-order valence-corrected chi connectivity index (χ1v) is 3.93. The third kappa shape index (κ3) is 3.09. The first-order chi connectivity index (χ1) is 5.34. The molecule has 0 aromatic heterocycles. The molecule has 0 radical (unpaired) electrons. The second-order valence-corrected chi connectivity index (χ2v) is 1.93. The molecular formula is C8H17N3. The smallest absolute Gasteiger partial charge is 0.101 e. The highest BCUT2D eigenvalue weighted by molar-refractivity contribution is 5.27. The highest BCUT2D eigenvalue weighted by Crippen LogP contribution is 1.99. The van der Waals surface area contributed by atoms with E-state index in [1.165, 1.54) is 0 Å². The number of rotatable bonds is 1. The van der Waals surface area contributed by atoms with Crippen LogP contribution in [-0.2, 0) is 0 Å². The van der Waals surface area contributed by atoms with E-state index in [4.69, 9.17) is 11.5 Å². The largest absolute Gasteiger partial charge is 0.385 e. The van der Waals surface area contributed by atoms with Gasteiger partial charge in [-0.05, 0) is 0 Å². The van der Waals surface area contributed by atoms with Gasteiger partial charge in [0.1, 0.15) is 5.82 Å². The molecule has 11 heavy (non-hydrogen) atoms. The number of hydrogen-bond donors (Lipinski definition) is 3. The van der Waals surface area contributed by atoms with Gasteiger partial charge in [-0.25, -0.2) is 0 Å². The van der Waals surface area contributed by atoms with Crippen LogP contribution in [0.15, 0.2) is 23.5 Å². The molecule has 0 saturated heterocycles. The van der Waals surface area contributed by atoms with Crippen LogP contribution >= 0.6 is 0 Å². The zero-order valence-corrected chi connectivity index (χ0v) is 7.22. The predicted octanol–water partition coefficient (Wildman–Crippen LogP) is 0.301. The van der Waals surface area contributed by atoms with Gasteiger partial charge in [-0.2, -0.15) is 0 Å². The minimum Gasteiger partial charge on any atom is -0.385 e. The molecule has 0 unspecified atom stereocenters. The summed E-state index contributed by atoms with van der Waals surface area (Å²) in [6, 6.07) is 0. The first-order valence-electron chi connectivity index (χ1n) is 3.93. The van der Waals surface area contributed by atoms with Gasteiger partial charge in [-0.15, -0.1) is 0 Å². The minimum absolute atomic E-state index is 0.509. The maximum atomic E-state index is 5.53. The lowest BCUT2D eigenvalue weighted by molar-refractivity contribution is 0.844. The van der Waals surface area contributed by atoms with Crippen LogP contribution in [0.25, 0.3) is 0 Å². The Balaban J connectivity index is 0.000000461. The Morgan fingerprint density at radius 2 is 2.18 bits per heavy atom. The van der Waals surface area contributed by atoms with Crippen molar-refractivity contribution >= 4 is 0 Å². The summed E-state index contributed by atoms with van der Waals surface area (Å²) in [4.78, 5) is 0. The SMILES string of the molecule is CC.NCC1=C(N)NCC=C1. The van der Waals surface area contributed by atoms with Crippen LogP contribution in [0.1, 0.15) is 13.8 Å². The Morgan fingerprint density at radius 1 is 1.55 bits per heavy atom. The topological polar surface area (TPSA) is 64.1 Å². The normalized spacial score (nSPS) is 15.2. The summed E-state index contributed by atoms with van der Waals surface area (Å²) in [6.45, 7) is 5.32. The maximum absolute atomic E-state index is 5.53. The second-order valence-electron chi connectivity index (χ2n) is 1.93. The predicted molar refractivity (Wildman–Crippen MR) is 48.8 cm³/mol. The Labute approximate surface area is 68.1 Å². The molecular weight excluding hydrogens is 138 g/mol. The number of nitrogens with one attached hydrogen (secondary N) is 1. The summed E-state index contributed by atoms with van der Waals surface area (Å²) in [5.41, 5.74) is 11.9. The van der Waals surface area contributed by atoms with Gasteiger partial charge in [-0.3, -0.25) is 0 Å². The van der Waals surface area contributed by atoms with Gasteiger partial charge in [0.25, 0.3) is 0 Å². The van der Waals surface area contributed by atoms with Gasteiger partial charge in [0.05, 0.1) is 0 Å². The fourth-order valence-electron chi connectivity index (χ4n) is 0.751. The van der Waals surface area contributed by atoms with Gasteiger partial charge in [0.15, 0.2) is 0 Å². The molecule has 1 aliphatic heterocycles. The maximum Gasteiger partial charge on any atom is 0.101 e. The van der Waals surface area contributed by atoms with Crippen LogP contribution in [0.4, 0.5) is 0 Å².